The van der Waals surface area contributed by atoms with Gasteiger partial charge in [0.25, 0.3) is 11.8 Å². The van der Waals surface area contributed by atoms with Gasteiger partial charge in [-0.15, -0.1) is 0 Å². The van der Waals surface area contributed by atoms with E-state index in [9.17, 15) is 4.79 Å². The minimum Gasteiger partial charge on any atom is -0.484 e. The molecular formula is C18H18N4O3. The summed E-state index contributed by atoms with van der Waals surface area (Å²) in [5.41, 5.74) is 1.23. The summed E-state index contributed by atoms with van der Waals surface area (Å²) in [6.45, 7) is 2.99. The number of amides is 1. The third-order valence-electron chi connectivity index (χ3n) is 3.90. The van der Waals surface area contributed by atoms with Crippen LogP contribution in [0.5, 0.6) is 11.6 Å². The van der Waals surface area contributed by atoms with E-state index in [0.717, 1.165) is 5.56 Å². The molecule has 0 N–H and O–H groups in total. The Hall–Kier alpha value is -3.14. The average molecular weight is 338 g/mol. The van der Waals surface area contributed by atoms with Crippen LogP contribution in [0.3, 0.4) is 0 Å². The Labute approximate surface area is 145 Å². The predicted octanol–water partition coefficient (Wildman–Crippen LogP) is 1.72. The van der Waals surface area contributed by atoms with Crippen molar-refractivity contribution in [1.29, 1.82) is 5.26 Å². The number of ether oxygens (including phenoxy) is 2. The number of aryl methyl sites for hydroxylation is 1. The first-order valence-corrected chi connectivity index (χ1v) is 8.00. The molecule has 0 aliphatic carbocycles. The number of nitriles is 1. The maximum absolute atomic E-state index is 12.3. The number of hydrogen-bond acceptors (Lipinski definition) is 6. The number of nitrogens with zero attached hydrogens (tertiary/aromatic N) is 4. The molecule has 128 valence electrons. The molecule has 25 heavy (non-hydrogen) atoms. The van der Waals surface area contributed by atoms with Gasteiger partial charge in [0.05, 0.1) is 6.54 Å². The molecule has 3 rings (SSSR count). The van der Waals surface area contributed by atoms with Crippen molar-refractivity contribution in [1.82, 2.24) is 14.9 Å². The lowest BCUT2D eigenvalue weighted by atomic mass is 10.2. The summed E-state index contributed by atoms with van der Waals surface area (Å²) in [7, 11) is 0. The van der Waals surface area contributed by atoms with Gasteiger partial charge in [-0.1, -0.05) is 12.1 Å². The normalized spacial score (nSPS) is 16.3. The molecule has 2 heterocycles. The summed E-state index contributed by atoms with van der Waals surface area (Å²) in [4.78, 5) is 21.9. The van der Waals surface area contributed by atoms with Crippen LogP contribution in [0.2, 0.25) is 0 Å². The van der Waals surface area contributed by atoms with Crippen molar-refractivity contribution in [2.75, 3.05) is 19.7 Å². The van der Waals surface area contributed by atoms with Crippen molar-refractivity contribution >= 4 is 5.91 Å². The maximum atomic E-state index is 12.3. The largest absolute Gasteiger partial charge is 0.484 e. The third kappa shape index (κ3) is 4.23. The number of likely N-dealkylation sites (tertiary alicyclic amines) is 1. The first-order chi connectivity index (χ1) is 12.2. The van der Waals surface area contributed by atoms with E-state index in [4.69, 9.17) is 14.7 Å². The molecule has 1 amide bonds. The molecule has 0 bridgehead atoms. The second-order valence-corrected chi connectivity index (χ2v) is 5.80. The Kier molecular flexibility index (Phi) is 5.09. The van der Waals surface area contributed by atoms with Gasteiger partial charge >= 0.3 is 0 Å². The van der Waals surface area contributed by atoms with Gasteiger partial charge in [-0.05, 0) is 24.6 Å². The third-order valence-corrected chi connectivity index (χ3v) is 3.90. The van der Waals surface area contributed by atoms with Crippen LogP contribution in [0, 0.1) is 18.3 Å². The lowest BCUT2D eigenvalue weighted by molar-refractivity contribution is -0.132. The van der Waals surface area contributed by atoms with Crippen molar-refractivity contribution < 1.29 is 14.3 Å². The predicted molar refractivity (Wildman–Crippen MR) is 89.0 cm³/mol. The van der Waals surface area contributed by atoms with Crippen molar-refractivity contribution in [3.8, 4) is 17.7 Å². The standard InChI is InChI=1S/C18H18N4O3/c1-13-3-2-4-14(9-13)24-12-17(23)22-8-5-15(11-22)25-18-16(10-19)20-6-7-21-18/h2-4,6-7,9,15H,5,8,11-12H2,1H3. The van der Waals surface area contributed by atoms with E-state index in [0.29, 0.717) is 25.3 Å². The summed E-state index contributed by atoms with van der Waals surface area (Å²) in [6.07, 6.45) is 3.40. The monoisotopic (exact) mass is 338 g/mol. The van der Waals surface area contributed by atoms with Gasteiger partial charge in [-0.2, -0.15) is 5.26 Å². The molecule has 1 unspecified atom stereocenters. The number of carbonyl (C=O) groups is 1. The molecule has 2 aromatic rings. The SMILES string of the molecule is Cc1cccc(OCC(=O)N2CCC(Oc3nccnc3C#N)C2)c1. The van der Waals surface area contributed by atoms with E-state index in [2.05, 4.69) is 9.97 Å². The fourth-order valence-electron chi connectivity index (χ4n) is 2.64. The Bertz CT molecular complexity index is 803. The molecule has 1 fully saturated rings. The first kappa shape index (κ1) is 16.7. The highest BCUT2D eigenvalue weighted by Crippen LogP contribution is 2.19. The Morgan fingerprint density at radius 2 is 2.24 bits per heavy atom. The van der Waals surface area contributed by atoms with Crippen LogP contribution in [0.4, 0.5) is 0 Å². The van der Waals surface area contributed by atoms with Crippen LogP contribution in [0.25, 0.3) is 0 Å². The van der Waals surface area contributed by atoms with Crippen molar-refractivity contribution in [3.05, 3.63) is 47.9 Å². The Morgan fingerprint density at radius 3 is 3.04 bits per heavy atom. The highest BCUT2D eigenvalue weighted by Gasteiger charge is 2.28. The molecule has 1 atom stereocenters. The lowest BCUT2D eigenvalue weighted by Gasteiger charge is -2.17. The van der Waals surface area contributed by atoms with Crippen LogP contribution in [0.15, 0.2) is 36.7 Å². The number of carbonyl (C=O) groups excluding carboxylic acids is 1. The zero-order chi connectivity index (χ0) is 17.6. The minimum atomic E-state index is -0.202. The lowest BCUT2D eigenvalue weighted by Crippen LogP contribution is -2.34. The number of benzene rings is 1. The Morgan fingerprint density at radius 1 is 1.40 bits per heavy atom. The number of hydrogen-bond donors (Lipinski definition) is 0. The number of aromatic nitrogens is 2. The van der Waals surface area contributed by atoms with Gasteiger partial charge < -0.3 is 14.4 Å². The zero-order valence-electron chi connectivity index (χ0n) is 13.9. The molecule has 7 nitrogen and oxygen atoms in total. The molecule has 7 heteroatoms. The molecule has 0 saturated carbocycles. The molecule has 0 spiro atoms. The van der Waals surface area contributed by atoms with E-state index in [1.807, 2.05) is 37.3 Å². The average Bonchev–Trinajstić information content (AvgIpc) is 3.09. The van der Waals surface area contributed by atoms with Gasteiger partial charge in [0.2, 0.25) is 5.69 Å². The smallest absolute Gasteiger partial charge is 0.260 e. The number of rotatable bonds is 5. The fraction of sp³-hybridized carbons (Fsp3) is 0.333. The van der Waals surface area contributed by atoms with Crippen molar-refractivity contribution in [2.45, 2.75) is 19.4 Å². The molecule has 1 aliphatic rings. The van der Waals surface area contributed by atoms with Gasteiger partial charge in [0, 0.05) is 25.4 Å². The van der Waals surface area contributed by atoms with E-state index in [1.54, 1.807) is 4.90 Å². The highest BCUT2D eigenvalue weighted by molar-refractivity contribution is 5.78. The second-order valence-electron chi connectivity index (χ2n) is 5.80. The van der Waals surface area contributed by atoms with Crippen LogP contribution < -0.4 is 9.47 Å². The molecule has 1 aromatic heterocycles. The molecule has 1 aromatic carbocycles. The molecule has 1 aliphatic heterocycles. The van der Waals surface area contributed by atoms with Crippen LogP contribution >= 0.6 is 0 Å². The highest BCUT2D eigenvalue weighted by atomic mass is 16.5. The van der Waals surface area contributed by atoms with Crippen molar-refractivity contribution in [2.24, 2.45) is 0 Å². The van der Waals surface area contributed by atoms with Crippen molar-refractivity contribution in [3.63, 3.8) is 0 Å². The van der Waals surface area contributed by atoms with E-state index >= 15 is 0 Å². The fourth-order valence-corrected chi connectivity index (χ4v) is 2.64. The van der Waals surface area contributed by atoms with E-state index in [-0.39, 0.29) is 30.2 Å². The quantitative estimate of drug-likeness (QED) is 0.825. The van der Waals surface area contributed by atoms with Gasteiger partial charge in [-0.25, -0.2) is 9.97 Å². The topological polar surface area (TPSA) is 88.3 Å². The summed E-state index contributed by atoms with van der Waals surface area (Å²) in [6, 6.07) is 9.53. The van der Waals surface area contributed by atoms with Gasteiger partial charge in [-0.3, -0.25) is 4.79 Å². The van der Waals surface area contributed by atoms with Crippen LogP contribution in [-0.2, 0) is 4.79 Å². The summed E-state index contributed by atoms with van der Waals surface area (Å²) in [5, 5.41) is 9.02. The molecular weight excluding hydrogens is 320 g/mol. The molecule has 1 saturated heterocycles. The van der Waals surface area contributed by atoms with E-state index in [1.165, 1.54) is 12.4 Å². The summed E-state index contributed by atoms with van der Waals surface area (Å²) in [5.74, 6) is 0.797. The van der Waals surface area contributed by atoms with Gasteiger partial charge in [0.1, 0.15) is 17.9 Å². The molecule has 0 radical (unpaired) electrons. The second kappa shape index (κ2) is 7.62. The van der Waals surface area contributed by atoms with Gasteiger partial charge in [0.15, 0.2) is 6.61 Å². The zero-order valence-corrected chi connectivity index (χ0v) is 13.9. The maximum Gasteiger partial charge on any atom is 0.260 e. The Balaban J connectivity index is 1.52. The van der Waals surface area contributed by atoms with E-state index < -0.39 is 0 Å². The van der Waals surface area contributed by atoms with Crippen LogP contribution in [0.1, 0.15) is 17.7 Å². The first-order valence-electron chi connectivity index (χ1n) is 8.00. The summed E-state index contributed by atoms with van der Waals surface area (Å²) >= 11 is 0. The summed E-state index contributed by atoms with van der Waals surface area (Å²) < 4.78 is 11.3. The minimum absolute atomic E-state index is 0.00917. The van der Waals surface area contributed by atoms with Crippen LogP contribution in [-0.4, -0.2) is 46.6 Å².